The number of unbranched alkanes of at least 4 members (excludes halogenated alkanes) is 23. The van der Waals surface area contributed by atoms with Gasteiger partial charge in [0.05, 0.1) is 5.92 Å². The Bertz CT molecular complexity index is 417. The van der Waals surface area contributed by atoms with Crippen molar-refractivity contribution in [2.75, 3.05) is 0 Å². The molecule has 0 aliphatic heterocycles. The normalized spacial score (nSPS) is 12.2. The maximum atomic E-state index is 12.4. The summed E-state index contributed by atoms with van der Waals surface area (Å²) in [5.41, 5.74) is 0. The van der Waals surface area contributed by atoms with E-state index in [1.54, 1.807) is 0 Å². The van der Waals surface area contributed by atoms with E-state index >= 15 is 0 Å². The Morgan fingerprint density at radius 2 is 0.765 bits per heavy atom. The zero-order valence-corrected chi connectivity index (χ0v) is 23.6. The average Bonchev–Trinajstić information content (AvgIpc) is 2.85. The van der Waals surface area contributed by atoms with Gasteiger partial charge >= 0.3 is 0 Å². The highest BCUT2D eigenvalue weighted by Crippen LogP contribution is 2.17. The summed E-state index contributed by atoms with van der Waals surface area (Å²) in [6.07, 6.45) is 35.3. The summed E-state index contributed by atoms with van der Waals surface area (Å²) >= 11 is 0. The lowest BCUT2D eigenvalue weighted by Gasteiger charge is -2.09. The van der Waals surface area contributed by atoms with Crippen molar-refractivity contribution in [3.8, 4) is 0 Å². The average molecular weight is 479 g/mol. The zero-order chi connectivity index (χ0) is 25.0. The van der Waals surface area contributed by atoms with Crippen LogP contribution in [0.3, 0.4) is 0 Å². The zero-order valence-electron chi connectivity index (χ0n) is 23.6. The number of carbonyl (C=O) groups excluding carboxylic acids is 2. The fourth-order valence-electron chi connectivity index (χ4n) is 5.01. The monoisotopic (exact) mass is 478 g/mol. The second kappa shape index (κ2) is 28.6. The first kappa shape index (κ1) is 33.3. The SMILES string of the molecule is CCCCCCCCCCCCCCCCCC(=O)C(C=O)CCCCCCCCCCCC. The molecule has 0 heterocycles. The van der Waals surface area contributed by atoms with Crippen molar-refractivity contribution in [2.45, 2.75) is 187 Å². The van der Waals surface area contributed by atoms with Crippen LogP contribution in [0.4, 0.5) is 0 Å². The Labute approximate surface area is 214 Å². The summed E-state index contributed by atoms with van der Waals surface area (Å²) in [6.45, 7) is 4.54. The van der Waals surface area contributed by atoms with E-state index in [0.717, 1.165) is 32.0 Å². The van der Waals surface area contributed by atoms with Gasteiger partial charge in [-0.15, -0.1) is 0 Å². The van der Waals surface area contributed by atoms with Gasteiger partial charge in [-0.3, -0.25) is 4.79 Å². The van der Waals surface area contributed by atoms with E-state index in [1.165, 1.54) is 141 Å². The van der Waals surface area contributed by atoms with Crippen molar-refractivity contribution in [3.05, 3.63) is 0 Å². The third-order valence-corrected chi connectivity index (χ3v) is 7.47. The lowest BCUT2D eigenvalue weighted by molar-refractivity contribution is -0.127. The van der Waals surface area contributed by atoms with Gasteiger partial charge in [0.15, 0.2) is 0 Å². The van der Waals surface area contributed by atoms with Gasteiger partial charge in [-0.1, -0.05) is 168 Å². The Balaban J connectivity index is 3.42. The molecular weight excluding hydrogens is 416 g/mol. The molecule has 1 unspecified atom stereocenters. The molecule has 2 heteroatoms. The molecule has 0 aliphatic carbocycles. The first-order valence-corrected chi connectivity index (χ1v) is 15.7. The molecule has 1 atom stereocenters. The molecule has 0 bridgehead atoms. The first-order chi connectivity index (χ1) is 16.8. The van der Waals surface area contributed by atoms with E-state index in [4.69, 9.17) is 0 Å². The number of rotatable bonds is 29. The number of hydrogen-bond donors (Lipinski definition) is 0. The third-order valence-electron chi connectivity index (χ3n) is 7.47. The van der Waals surface area contributed by atoms with Crippen molar-refractivity contribution in [1.29, 1.82) is 0 Å². The Hall–Kier alpha value is -0.660. The van der Waals surface area contributed by atoms with Gasteiger partial charge in [-0.05, 0) is 12.8 Å². The topological polar surface area (TPSA) is 34.1 Å². The summed E-state index contributed by atoms with van der Waals surface area (Å²) in [7, 11) is 0. The van der Waals surface area contributed by atoms with E-state index in [9.17, 15) is 9.59 Å². The van der Waals surface area contributed by atoms with Crippen LogP contribution < -0.4 is 0 Å². The molecule has 0 aromatic carbocycles. The predicted octanol–water partition coefficient (Wildman–Crippen LogP) is 10.9. The van der Waals surface area contributed by atoms with E-state index < -0.39 is 0 Å². The first-order valence-electron chi connectivity index (χ1n) is 15.7. The highest BCUT2D eigenvalue weighted by atomic mass is 16.1. The molecule has 0 N–H and O–H groups in total. The number of ketones is 1. The minimum absolute atomic E-state index is 0.195. The van der Waals surface area contributed by atoms with Gasteiger partial charge in [-0.2, -0.15) is 0 Å². The molecule has 0 spiro atoms. The standard InChI is InChI=1S/C32H62O2/c1-3-5-7-9-11-13-15-16-17-18-19-21-23-25-27-29-32(34)31(30-33)28-26-24-22-20-14-12-10-8-6-4-2/h30-31H,3-29H2,1-2H3. The van der Waals surface area contributed by atoms with Crippen molar-refractivity contribution in [1.82, 2.24) is 0 Å². The van der Waals surface area contributed by atoms with Crippen LogP contribution in [0.25, 0.3) is 0 Å². The summed E-state index contributed by atoms with van der Waals surface area (Å²) in [5, 5.41) is 0. The Morgan fingerprint density at radius 3 is 1.09 bits per heavy atom. The van der Waals surface area contributed by atoms with Crippen LogP contribution in [0.5, 0.6) is 0 Å². The van der Waals surface area contributed by atoms with Gasteiger partial charge < -0.3 is 4.79 Å². The van der Waals surface area contributed by atoms with Crippen LogP contribution in [0.2, 0.25) is 0 Å². The summed E-state index contributed by atoms with van der Waals surface area (Å²) in [5.74, 6) is -0.138. The van der Waals surface area contributed by atoms with Crippen molar-refractivity contribution < 1.29 is 9.59 Å². The lowest BCUT2D eigenvalue weighted by atomic mass is 9.94. The quantitative estimate of drug-likeness (QED) is 0.0608. The molecule has 0 aliphatic rings. The Kier molecular flexibility index (Phi) is 28.0. The number of hydrogen-bond acceptors (Lipinski definition) is 2. The number of aldehydes is 1. The van der Waals surface area contributed by atoms with Crippen LogP contribution >= 0.6 is 0 Å². The van der Waals surface area contributed by atoms with Crippen LogP contribution in [-0.2, 0) is 9.59 Å². The molecule has 0 radical (unpaired) electrons. The molecule has 34 heavy (non-hydrogen) atoms. The highest BCUT2D eigenvalue weighted by molar-refractivity contribution is 5.93. The number of carbonyl (C=O) groups is 2. The molecule has 0 rings (SSSR count). The highest BCUT2D eigenvalue weighted by Gasteiger charge is 2.16. The summed E-state index contributed by atoms with van der Waals surface area (Å²) in [4.78, 5) is 23.7. The maximum Gasteiger partial charge on any atom is 0.143 e. The lowest BCUT2D eigenvalue weighted by Crippen LogP contribution is -2.15. The summed E-state index contributed by atoms with van der Waals surface area (Å²) < 4.78 is 0. The molecule has 0 saturated heterocycles. The molecular formula is C32H62O2. The minimum Gasteiger partial charge on any atom is -0.303 e. The molecule has 202 valence electrons. The third kappa shape index (κ3) is 24.5. The van der Waals surface area contributed by atoms with Crippen molar-refractivity contribution in [3.63, 3.8) is 0 Å². The Morgan fingerprint density at radius 1 is 0.471 bits per heavy atom. The predicted molar refractivity (Wildman–Crippen MR) is 151 cm³/mol. The molecule has 0 amide bonds. The van der Waals surface area contributed by atoms with E-state index in [2.05, 4.69) is 13.8 Å². The second-order valence-electron chi connectivity index (χ2n) is 10.9. The molecule has 2 nitrogen and oxygen atoms in total. The molecule has 0 saturated carbocycles. The van der Waals surface area contributed by atoms with Crippen LogP contribution in [0.15, 0.2) is 0 Å². The fourth-order valence-corrected chi connectivity index (χ4v) is 5.01. The van der Waals surface area contributed by atoms with Crippen molar-refractivity contribution in [2.24, 2.45) is 5.92 Å². The van der Waals surface area contributed by atoms with Gasteiger partial charge in [0.25, 0.3) is 0 Å². The van der Waals surface area contributed by atoms with Crippen LogP contribution in [-0.4, -0.2) is 12.1 Å². The van der Waals surface area contributed by atoms with E-state index in [1.807, 2.05) is 0 Å². The van der Waals surface area contributed by atoms with Gasteiger partial charge in [0.2, 0.25) is 0 Å². The number of Topliss-reactive ketones (excluding diaryl/α,β-unsaturated/α-hetero) is 1. The largest absolute Gasteiger partial charge is 0.303 e. The van der Waals surface area contributed by atoms with Crippen molar-refractivity contribution >= 4 is 12.1 Å². The molecule has 0 aromatic rings. The van der Waals surface area contributed by atoms with Gasteiger partial charge in [0.1, 0.15) is 12.1 Å². The van der Waals surface area contributed by atoms with Gasteiger partial charge in [0, 0.05) is 6.42 Å². The smallest absolute Gasteiger partial charge is 0.143 e. The minimum atomic E-state index is -0.333. The molecule has 0 aromatic heterocycles. The fraction of sp³-hybridized carbons (Fsp3) is 0.938. The van der Waals surface area contributed by atoms with Crippen LogP contribution in [0, 0.1) is 5.92 Å². The van der Waals surface area contributed by atoms with Crippen LogP contribution in [0.1, 0.15) is 187 Å². The van der Waals surface area contributed by atoms with E-state index in [0.29, 0.717) is 6.42 Å². The van der Waals surface area contributed by atoms with E-state index in [-0.39, 0.29) is 11.7 Å². The molecule has 0 fully saturated rings. The van der Waals surface area contributed by atoms with Gasteiger partial charge in [-0.25, -0.2) is 0 Å². The second-order valence-corrected chi connectivity index (χ2v) is 10.9. The summed E-state index contributed by atoms with van der Waals surface area (Å²) in [6, 6.07) is 0. The maximum absolute atomic E-state index is 12.4.